The third-order valence-electron chi connectivity index (χ3n) is 4.86. The van der Waals surface area contributed by atoms with Crippen LogP contribution in [0.3, 0.4) is 0 Å². The van der Waals surface area contributed by atoms with Crippen LogP contribution in [0.2, 0.25) is 0 Å². The number of halogens is 1. The molecule has 1 aromatic heterocycles. The molecule has 1 fully saturated rings. The van der Waals surface area contributed by atoms with E-state index in [0.29, 0.717) is 30.2 Å². The van der Waals surface area contributed by atoms with Crippen LogP contribution in [0.15, 0.2) is 48.5 Å². The number of nitrogens with one attached hydrogen (secondary N) is 1. The van der Waals surface area contributed by atoms with Crippen LogP contribution < -0.4 is 10.2 Å². The number of tetrazole rings is 1. The van der Waals surface area contributed by atoms with Crippen LogP contribution in [-0.4, -0.2) is 44.6 Å². The van der Waals surface area contributed by atoms with E-state index < -0.39 is 0 Å². The third kappa shape index (κ3) is 4.13. The van der Waals surface area contributed by atoms with E-state index in [4.69, 9.17) is 0 Å². The standard InChI is InChI=1S/C20H19FN6O2/c1-13-23-24-25-27(13)11-14-2-4-15(5-3-14)20(29)22-17-10-19(28)26(12-17)18-8-6-16(21)7-9-18/h2-9,17H,10-12H2,1H3,(H,22,29). The zero-order chi connectivity index (χ0) is 20.4. The minimum absolute atomic E-state index is 0.103. The maximum atomic E-state index is 13.1. The van der Waals surface area contributed by atoms with Crippen LogP contribution in [0.1, 0.15) is 28.2 Å². The first-order valence-electron chi connectivity index (χ1n) is 9.18. The Balaban J connectivity index is 1.37. The molecule has 4 rings (SSSR count). The van der Waals surface area contributed by atoms with Crippen LogP contribution in [0, 0.1) is 12.7 Å². The second kappa shape index (κ2) is 7.78. The summed E-state index contributed by atoms with van der Waals surface area (Å²) < 4.78 is 14.8. The average molecular weight is 394 g/mol. The summed E-state index contributed by atoms with van der Waals surface area (Å²) in [6, 6.07) is 12.6. The largest absolute Gasteiger partial charge is 0.347 e. The molecule has 148 valence electrons. The number of hydrogen-bond acceptors (Lipinski definition) is 5. The highest BCUT2D eigenvalue weighted by atomic mass is 19.1. The minimum Gasteiger partial charge on any atom is -0.347 e. The van der Waals surface area contributed by atoms with Crippen LogP contribution >= 0.6 is 0 Å². The number of benzene rings is 2. The normalized spacial score (nSPS) is 16.3. The molecular formula is C20H19FN6O2. The van der Waals surface area contributed by atoms with Gasteiger partial charge in [0.15, 0.2) is 0 Å². The smallest absolute Gasteiger partial charge is 0.251 e. The number of nitrogens with zero attached hydrogens (tertiary/aromatic N) is 5. The van der Waals surface area contributed by atoms with E-state index in [9.17, 15) is 14.0 Å². The molecule has 8 nitrogen and oxygen atoms in total. The predicted molar refractivity (Wildman–Crippen MR) is 103 cm³/mol. The molecule has 1 aliphatic heterocycles. The van der Waals surface area contributed by atoms with Gasteiger partial charge in [-0.2, -0.15) is 0 Å². The van der Waals surface area contributed by atoms with Crippen LogP contribution in [-0.2, 0) is 11.3 Å². The SMILES string of the molecule is Cc1nnnn1Cc1ccc(C(=O)NC2CC(=O)N(c3ccc(F)cc3)C2)cc1. The van der Waals surface area contributed by atoms with Gasteiger partial charge in [0.25, 0.3) is 5.91 Å². The summed E-state index contributed by atoms with van der Waals surface area (Å²) in [5.41, 5.74) is 2.10. The fourth-order valence-electron chi connectivity index (χ4n) is 3.27. The molecule has 9 heteroatoms. The summed E-state index contributed by atoms with van der Waals surface area (Å²) in [7, 11) is 0. The first-order valence-corrected chi connectivity index (χ1v) is 9.18. The number of rotatable bonds is 5. The van der Waals surface area contributed by atoms with Crippen molar-refractivity contribution in [3.05, 3.63) is 71.3 Å². The third-order valence-corrected chi connectivity index (χ3v) is 4.86. The molecule has 1 unspecified atom stereocenters. The zero-order valence-electron chi connectivity index (χ0n) is 15.7. The highest BCUT2D eigenvalue weighted by Gasteiger charge is 2.31. The lowest BCUT2D eigenvalue weighted by Crippen LogP contribution is -2.37. The average Bonchev–Trinajstić information content (AvgIpc) is 3.28. The molecule has 2 amide bonds. The molecule has 2 aromatic carbocycles. The van der Waals surface area contributed by atoms with Gasteiger partial charge in [-0.25, -0.2) is 9.07 Å². The molecule has 29 heavy (non-hydrogen) atoms. The number of aromatic nitrogens is 4. The predicted octanol–water partition coefficient (Wildman–Crippen LogP) is 1.70. The Morgan fingerprint density at radius 3 is 2.55 bits per heavy atom. The van der Waals surface area contributed by atoms with Gasteiger partial charge < -0.3 is 10.2 Å². The Bertz CT molecular complexity index is 1030. The molecule has 1 aliphatic rings. The van der Waals surface area contributed by atoms with Crippen molar-refractivity contribution >= 4 is 17.5 Å². The molecule has 2 heterocycles. The quantitative estimate of drug-likeness (QED) is 0.711. The van der Waals surface area contributed by atoms with Crippen molar-refractivity contribution in [3.63, 3.8) is 0 Å². The Hall–Kier alpha value is -3.62. The number of aryl methyl sites for hydroxylation is 1. The number of amides is 2. The monoisotopic (exact) mass is 394 g/mol. The number of anilines is 1. The van der Waals surface area contributed by atoms with E-state index >= 15 is 0 Å². The number of hydrogen-bond donors (Lipinski definition) is 1. The maximum Gasteiger partial charge on any atom is 0.251 e. The molecule has 0 bridgehead atoms. The van der Waals surface area contributed by atoms with Gasteiger partial charge in [0.2, 0.25) is 5.91 Å². The summed E-state index contributed by atoms with van der Waals surface area (Å²) in [6.07, 6.45) is 0.208. The van der Waals surface area contributed by atoms with E-state index in [0.717, 1.165) is 5.56 Å². The van der Waals surface area contributed by atoms with Crippen molar-refractivity contribution in [3.8, 4) is 0 Å². The first kappa shape index (κ1) is 18.7. The second-order valence-electron chi connectivity index (χ2n) is 6.94. The fraction of sp³-hybridized carbons (Fsp3) is 0.250. The van der Waals surface area contributed by atoms with Gasteiger partial charge in [-0.1, -0.05) is 12.1 Å². The van der Waals surface area contributed by atoms with Gasteiger partial charge in [-0.05, 0) is 59.3 Å². The molecule has 0 radical (unpaired) electrons. The molecule has 1 N–H and O–H groups in total. The highest BCUT2D eigenvalue weighted by Crippen LogP contribution is 2.22. The van der Waals surface area contributed by atoms with Gasteiger partial charge in [-0.3, -0.25) is 9.59 Å². The van der Waals surface area contributed by atoms with Gasteiger partial charge >= 0.3 is 0 Å². The first-order chi connectivity index (χ1) is 14.0. The highest BCUT2D eigenvalue weighted by molar-refractivity contribution is 5.98. The molecular weight excluding hydrogens is 375 g/mol. The van der Waals surface area contributed by atoms with Crippen molar-refractivity contribution in [2.45, 2.75) is 25.9 Å². The zero-order valence-corrected chi connectivity index (χ0v) is 15.7. The van der Waals surface area contributed by atoms with Crippen LogP contribution in [0.4, 0.5) is 10.1 Å². The topological polar surface area (TPSA) is 93.0 Å². The van der Waals surface area contributed by atoms with Gasteiger partial charge in [-0.15, -0.1) is 5.10 Å². The minimum atomic E-state index is -0.357. The van der Waals surface area contributed by atoms with Crippen molar-refractivity contribution in [2.75, 3.05) is 11.4 Å². The summed E-state index contributed by atoms with van der Waals surface area (Å²) in [5.74, 6) is 0.00958. The summed E-state index contributed by atoms with van der Waals surface area (Å²) in [4.78, 5) is 26.4. The molecule has 3 aromatic rings. The van der Waals surface area contributed by atoms with Crippen molar-refractivity contribution in [2.24, 2.45) is 0 Å². The van der Waals surface area contributed by atoms with Crippen LogP contribution in [0.5, 0.6) is 0 Å². The Morgan fingerprint density at radius 2 is 1.90 bits per heavy atom. The van der Waals surface area contributed by atoms with E-state index in [-0.39, 0.29) is 30.1 Å². The molecule has 0 saturated carbocycles. The Morgan fingerprint density at radius 1 is 1.17 bits per heavy atom. The summed E-state index contributed by atoms with van der Waals surface area (Å²) in [5, 5.41) is 14.2. The molecule has 0 aliphatic carbocycles. The van der Waals surface area contributed by atoms with E-state index in [2.05, 4.69) is 20.8 Å². The van der Waals surface area contributed by atoms with Crippen molar-refractivity contribution < 1.29 is 14.0 Å². The Labute approximate surface area is 166 Å². The lowest BCUT2D eigenvalue weighted by molar-refractivity contribution is -0.117. The lowest BCUT2D eigenvalue weighted by Gasteiger charge is -2.17. The van der Waals surface area contributed by atoms with Gasteiger partial charge in [0, 0.05) is 24.2 Å². The lowest BCUT2D eigenvalue weighted by atomic mass is 10.1. The van der Waals surface area contributed by atoms with Crippen molar-refractivity contribution in [1.82, 2.24) is 25.5 Å². The van der Waals surface area contributed by atoms with E-state index in [1.165, 1.54) is 12.1 Å². The van der Waals surface area contributed by atoms with E-state index in [1.54, 1.807) is 33.8 Å². The van der Waals surface area contributed by atoms with Crippen molar-refractivity contribution in [1.29, 1.82) is 0 Å². The van der Waals surface area contributed by atoms with E-state index in [1.807, 2.05) is 19.1 Å². The fourth-order valence-corrected chi connectivity index (χ4v) is 3.27. The molecule has 1 atom stereocenters. The summed E-state index contributed by atoms with van der Waals surface area (Å²) in [6.45, 7) is 2.69. The molecule has 1 saturated heterocycles. The maximum absolute atomic E-state index is 13.1. The Kier molecular flexibility index (Phi) is 5.03. The number of carbonyl (C=O) groups excluding carboxylic acids is 2. The number of carbonyl (C=O) groups is 2. The van der Waals surface area contributed by atoms with Crippen LogP contribution in [0.25, 0.3) is 0 Å². The molecule has 0 spiro atoms. The van der Waals surface area contributed by atoms with Gasteiger partial charge in [0.1, 0.15) is 11.6 Å². The second-order valence-corrected chi connectivity index (χ2v) is 6.94. The van der Waals surface area contributed by atoms with Gasteiger partial charge in [0.05, 0.1) is 12.6 Å². The summed E-state index contributed by atoms with van der Waals surface area (Å²) >= 11 is 0.